The minimum Gasteiger partial charge on any atom is -0.352 e. The molecule has 156 valence electrons. The van der Waals surface area contributed by atoms with E-state index in [2.05, 4.69) is 15.3 Å². The molecular weight excluding hydrogens is 425 g/mol. The van der Waals surface area contributed by atoms with Gasteiger partial charge in [0.1, 0.15) is 17.0 Å². The van der Waals surface area contributed by atoms with E-state index in [1.807, 2.05) is 30.3 Å². The molecule has 1 aliphatic heterocycles. The molecule has 0 radical (unpaired) electrons. The summed E-state index contributed by atoms with van der Waals surface area (Å²) in [6.07, 6.45) is -2.77. The first-order chi connectivity index (χ1) is 13.8. The van der Waals surface area contributed by atoms with Gasteiger partial charge in [0.25, 0.3) is 0 Å². The highest BCUT2D eigenvalue weighted by Gasteiger charge is 2.48. The zero-order valence-corrected chi connectivity index (χ0v) is 17.2. The SMILES string of the molecule is CSc1nc(Cl)cc(N2CC(C(=O)NCc3ccccc3)CCC2C(F)(F)F)n1. The third-order valence-electron chi connectivity index (χ3n) is 4.78. The van der Waals surface area contributed by atoms with Crippen molar-refractivity contribution in [1.82, 2.24) is 15.3 Å². The summed E-state index contributed by atoms with van der Waals surface area (Å²) in [4.78, 5) is 21.9. The first-order valence-corrected chi connectivity index (χ1v) is 10.6. The van der Waals surface area contributed by atoms with Gasteiger partial charge < -0.3 is 10.2 Å². The van der Waals surface area contributed by atoms with Crippen LogP contribution in [0.1, 0.15) is 18.4 Å². The number of benzene rings is 1. The summed E-state index contributed by atoms with van der Waals surface area (Å²) in [5.74, 6) is -0.772. The van der Waals surface area contributed by atoms with Crippen LogP contribution in [0.2, 0.25) is 5.15 Å². The number of hydrogen-bond acceptors (Lipinski definition) is 5. The molecule has 0 spiro atoms. The number of amides is 1. The van der Waals surface area contributed by atoms with Gasteiger partial charge >= 0.3 is 6.18 Å². The smallest absolute Gasteiger partial charge is 0.352 e. The first kappa shape index (κ1) is 21.7. The van der Waals surface area contributed by atoms with E-state index < -0.39 is 18.1 Å². The maximum Gasteiger partial charge on any atom is 0.408 e. The summed E-state index contributed by atoms with van der Waals surface area (Å²) in [5, 5.41) is 3.17. The number of nitrogens with zero attached hydrogens (tertiary/aromatic N) is 3. The fraction of sp³-hybridized carbons (Fsp3) is 0.421. The molecule has 2 unspecified atom stereocenters. The number of carbonyl (C=O) groups is 1. The summed E-state index contributed by atoms with van der Waals surface area (Å²) in [5.41, 5.74) is 0.925. The molecule has 2 heterocycles. The molecule has 29 heavy (non-hydrogen) atoms. The van der Waals surface area contributed by atoms with Gasteiger partial charge in [0.15, 0.2) is 5.16 Å². The Morgan fingerprint density at radius 1 is 1.28 bits per heavy atom. The minimum atomic E-state index is -4.44. The maximum atomic E-state index is 13.6. The average Bonchev–Trinajstić information content (AvgIpc) is 2.71. The molecule has 1 N–H and O–H groups in total. The molecule has 0 aliphatic carbocycles. The fourth-order valence-electron chi connectivity index (χ4n) is 3.33. The van der Waals surface area contributed by atoms with E-state index in [0.717, 1.165) is 10.5 Å². The Bertz CT molecular complexity index is 853. The summed E-state index contributed by atoms with van der Waals surface area (Å²) < 4.78 is 40.9. The van der Waals surface area contributed by atoms with E-state index in [1.54, 1.807) is 6.26 Å². The number of halogens is 4. The highest BCUT2D eigenvalue weighted by atomic mass is 35.5. The molecule has 0 bridgehead atoms. The van der Waals surface area contributed by atoms with Crippen LogP contribution in [-0.2, 0) is 11.3 Å². The monoisotopic (exact) mass is 444 g/mol. The van der Waals surface area contributed by atoms with Crippen LogP contribution in [-0.4, -0.2) is 40.9 Å². The highest BCUT2D eigenvalue weighted by Crippen LogP contribution is 2.37. The Morgan fingerprint density at radius 3 is 2.66 bits per heavy atom. The van der Waals surface area contributed by atoms with Gasteiger partial charge in [-0.2, -0.15) is 13.2 Å². The van der Waals surface area contributed by atoms with Gasteiger partial charge in [0.2, 0.25) is 5.91 Å². The van der Waals surface area contributed by atoms with Gasteiger partial charge in [-0.1, -0.05) is 53.7 Å². The first-order valence-electron chi connectivity index (χ1n) is 9.01. The molecule has 2 atom stereocenters. The van der Waals surface area contributed by atoms with Gasteiger partial charge in [-0.25, -0.2) is 9.97 Å². The number of thioether (sulfide) groups is 1. The fourth-order valence-corrected chi connectivity index (χ4v) is 3.93. The second-order valence-corrected chi connectivity index (χ2v) is 7.88. The van der Waals surface area contributed by atoms with E-state index in [1.165, 1.54) is 17.8 Å². The molecule has 1 aliphatic rings. The largest absolute Gasteiger partial charge is 0.408 e. The third-order valence-corrected chi connectivity index (χ3v) is 5.52. The number of nitrogens with one attached hydrogen (secondary N) is 1. The molecule has 1 saturated heterocycles. The van der Waals surface area contributed by atoms with Crippen LogP contribution in [0.3, 0.4) is 0 Å². The highest BCUT2D eigenvalue weighted by molar-refractivity contribution is 7.98. The van der Waals surface area contributed by atoms with Crippen molar-refractivity contribution >= 4 is 35.1 Å². The summed E-state index contributed by atoms with van der Waals surface area (Å²) in [6, 6.07) is 8.93. The van der Waals surface area contributed by atoms with E-state index in [-0.39, 0.29) is 41.4 Å². The second kappa shape index (κ2) is 9.21. The number of piperidine rings is 1. The molecule has 1 aromatic heterocycles. The van der Waals surface area contributed by atoms with Crippen LogP contribution in [0, 0.1) is 5.92 Å². The lowest BCUT2D eigenvalue weighted by atomic mass is 9.91. The maximum absolute atomic E-state index is 13.6. The van der Waals surface area contributed by atoms with Crippen molar-refractivity contribution in [3.8, 4) is 0 Å². The molecule has 1 fully saturated rings. The lowest BCUT2D eigenvalue weighted by molar-refractivity contribution is -0.156. The third kappa shape index (κ3) is 5.54. The van der Waals surface area contributed by atoms with Crippen molar-refractivity contribution < 1.29 is 18.0 Å². The quantitative estimate of drug-likeness (QED) is 0.423. The Labute approximate surface area is 176 Å². The molecule has 1 aromatic carbocycles. The number of aromatic nitrogens is 2. The molecular formula is C19H20ClF3N4OS. The number of hydrogen-bond donors (Lipinski definition) is 1. The summed E-state index contributed by atoms with van der Waals surface area (Å²) in [6.45, 7) is 0.237. The zero-order valence-electron chi connectivity index (χ0n) is 15.6. The van der Waals surface area contributed by atoms with Crippen molar-refractivity contribution in [3.05, 3.63) is 47.1 Å². The molecule has 10 heteroatoms. The molecule has 5 nitrogen and oxygen atoms in total. The van der Waals surface area contributed by atoms with Crippen molar-refractivity contribution in [3.63, 3.8) is 0 Å². The van der Waals surface area contributed by atoms with E-state index in [9.17, 15) is 18.0 Å². The Hall–Kier alpha value is -2.00. The van der Waals surface area contributed by atoms with E-state index >= 15 is 0 Å². The lowest BCUT2D eigenvalue weighted by Crippen LogP contribution is -2.54. The van der Waals surface area contributed by atoms with Crippen molar-refractivity contribution in [2.24, 2.45) is 5.92 Å². The Balaban J connectivity index is 1.78. The number of alkyl halides is 3. The van der Waals surface area contributed by atoms with Gasteiger partial charge in [-0.3, -0.25) is 4.79 Å². The van der Waals surface area contributed by atoms with Gasteiger partial charge in [-0.15, -0.1) is 0 Å². The number of carbonyl (C=O) groups excluding carboxylic acids is 1. The molecule has 1 amide bonds. The normalized spacial score (nSPS) is 19.8. The number of anilines is 1. The van der Waals surface area contributed by atoms with Crippen LogP contribution in [0.15, 0.2) is 41.6 Å². The zero-order chi connectivity index (χ0) is 21.0. The second-order valence-electron chi connectivity index (χ2n) is 6.72. The minimum absolute atomic E-state index is 0.0657. The predicted octanol–water partition coefficient (Wildman–Crippen LogP) is 4.32. The van der Waals surface area contributed by atoms with Crippen LogP contribution < -0.4 is 10.2 Å². The van der Waals surface area contributed by atoms with Crippen LogP contribution >= 0.6 is 23.4 Å². The van der Waals surface area contributed by atoms with Crippen LogP contribution in [0.25, 0.3) is 0 Å². The summed E-state index contributed by atoms with van der Waals surface area (Å²) in [7, 11) is 0. The Kier molecular flexibility index (Phi) is 6.89. The molecule has 2 aromatic rings. The van der Waals surface area contributed by atoms with Crippen molar-refractivity contribution in [1.29, 1.82) is 0 Å². The van der Waals surface area contributed by atoms with E-state index in [4.69, 9.17) is 11.6 Å². The predicted molar refractivity (Wildman–Crippen MR) is 107 cm³/mol. The van der Waals surface area contributed by atoms with Crippen molar-refractivity contribution in [2.75, 3.05) is 17.7 Å². The molecule has 0 saturated carbocycles. The van der Waals surface area contributed by atoms with Crippen molar-refractivity contribution in [2.45, 2.75) is 36.8 Å². The standard InChI is InChI=1S/C19H20ClF3N4OS/c1-29-18-25-15(20)9-16(26-18)27-11-13(7-8-14(27)19(21,22)23)17(28)24-10-12-5-3-2-4-6-12/h2-6,9,13-14H,7-8,10-11H2,1H3,(H,24,28). The lowest BCUT2D eigenvalue weighted by Gasteiger charge is -2.40. The van der Waals surface area contributed by atoms with E-state index in [0.29, 0.717) is 6.54 Å². The topological polar surface area (TPSA) is 58.1 Å². The van der Waals surface area contributed by atoms with Gasteiger partial charge in [0.05, 0.1) is 5.92 Å². The number of rotatable bonds is 5. The van der Waals surface area contributed by atoms with Crippen LogP contribution in [0.4, 0.5) is 19.0 Å². The van der Waals surface area contributed by atoms with Gasteiger partial charge in [-0.05, 0) is 24.7 Å². The Morgan fingerprint density at radius 2 is 2.00 bits per heavy atom. The summed E-state index contributed by atoms with van der Waals surface area (Å²) >= 11 is 7.16. The van der Waals surface area contributed by atoms with Crippen LogP contribution in [0.5, 0.6) is 0 Å². The van der Waals surface area contributed by atoms with Gasteiger partial charge in [0, 0.05) is 19.2 Å². The average molecular weight is 445 g/mol. The molecule has 3 rings (SSSR count).